The van der Waals surface area contributed by atoms with Gasteiger partial charge >= 0.3 is 12.2 Å². The van der Waals surface area contributed by atoms with E-state index in [2.05, 4.69) is 17.6 Å². The molecule has 1 heterocycles. The molecule has 0 saturated heterocycles. The molecule has 1 aromatic carbocycles. The molecule has 0 spiro atoms. The van der Waals surface area contributed by atoms with Crippen molar-refractivity contribution in [2.24, 2.45) is 23.5 Å². The number of primary amides is 1. The van der Waals surface area contributed by atoms with Gasteiger partial charge in [0.1, 0.15) is 11.9 Å². The molecule has 0 aromatic heterocycles. The standard InChI is InChI=1S/C33H52N4O7/c1-20-14-25-17-26(19-27(18-25)43-33(41)37(7)13-12-35-6)36-31(39)22(3)11-9-10-21(2)30(44-32(34)40)24(5)16-23(4)29(38)28(15-20)42-8/h11,16-21,23,28-30,35,38H,9-10,12-15H2,1-8H3,(H2,34,40)(H,36,39)/b22-11+,24-16+/t20-,21+,23+,28+,29-,30-/m1/s1. The minimum absolute atomic E-state index is 0.0642. The Labute approximate surface area is 262 Å². The van der Waals surface area contributed by atoms with Crippen LogP contribution in [-0.4, -0.2) is 80.7 Å². The van der Waals surface area contributed by atoms with Gasteiger partial charge in [0.2, 0.25) is 0 Å². The van der Waals surface area contributed by atoms with Gasteiger partial charge in [0.15, 0.2) is 0 Å². The molecule has 1 aromatic rings. The number of benzene rings is 1. The highest BCUT2D eigenvalue weighted by molar-refractivity contribution is 6.03. The molecule has 3 amide bonds. The van der Waals surface area contributed by atoms with Gasteiger partial charge in [-0.1, -0.05) is 32.9 Å². The number of fused-ring (bicyclic) bond motifs is 2. The van der Waals surface area contributed by atoms with Crippen LogP contribution in [0.25, 0.3) is 0 Å². The second-order valence-corrected chi connectivity index (χ2v) is 12.1. The maximum atomic E-state index is 13.1. The van der Waals surface area contributed by atoms with Crippen molar-refractivity contribution in [3.63, 3.8) is 0 Å². The number of nitrogens with zero attached hydrogens (tertiary/aromatic N) is 1. The Hall–Kier alpha value is -3.41. The maximum absolute atomic E-state index is 13.1. The number of methoxy groups -OCH3 is 1. The second-order valence-electron chi connectivity index (χ2n) is 12.1. The Balaban J connectivity index is 2.47. The zero-order valence-electron chi connectivity index (χ0n) is 27.5. The molecular weight excluding hydrogens is 564 g/mol. The molecule has 1 aliphatic rings. The van der Waals surface area contributed by atoms with Crippen molar-refractivity contribution in [2.75, 3.05) is 39.6 Å². The summed E-state index contributed by atoms with van der Waals surface area (Å²) in [6.07, 6.45) is 2.85. The summed E-state index contributed by atoms with van der Waals surface area (Å²) >= 11 is 0. The fourth-order valence-corrected chi connectivity index (χ4v) is 5.48. The van der Waals surface area contributed by atoms with E-state index in [9.17, 15) is 19.5 Å². The van der Waals surface area contributed by atoms with E-state index in [1.807, 2.05) is 46.0 Å². The average Bonchev–Trinajstić information content (AvgIpc) is 2.95. The molecule has 246 valence electrons. The highest BCUT2D eigenvalue weighted by atomic mass is 16.6. The van der Waals surface area contributed by atoms with Gasteiger partial charge in [-0.3, -0.25) is 4.79 Å². The van der Waals surface area contributed by atoms with E-state index in [0.717, 1.165) is 11.1 Å². The third-order valence-electron chi connectivity index (χ3n) is 8.04. The van der Waals surface area contributed by atoms with E-state index in [-0.39, 0.29) is 23.7 Å². The van der Waals surface area contributed by atoms with Crippen LogP contribution in [0.3, 0.4) is 0 Å². The minimum atomic E-state index is -0.868. The molecule has 0 radical (unpaired) electrons. The van der Waals surface area contributed by atoms with Crippen molar-refractivity contribution >= 4 is 23.8 Å². The Kier molecular flexibility index (Phi) is 14.9. The van der Waals surface area contributed by atoms with Gasteiger partial charge in [-0.2, -0.15) is 0 Å². The lowest BCUT2D eigenvalue weighted by Crippen LogP contribution is -2.35. The molecule has 6 atom stereocenters. The molecule has 2 rings (SSSR count). The fourth-order valence-electron chi connectivity index (χ4n) is 5.48. The zero-order valence-corrected chi connectivity index (χ0v) is 27.5. The number of aliphatic hydroxyl groups is 1. The predicted molar refractivity (Wildman–Crippen MR) is 171 cm³/mol. The zero-order chi connectivity index (χ0) is 33.0. The van der Waals surface area contributed by atoms with E-state index in [1.165, 1.54) is 4.90 Å². The van der Waals surface area contributed by atoms with E-state index in [4.69, 9.17) is 19.9 Å². The van der Waals surface area contributed by atoms with Crippen LogP contribution in [0.1, 0.15) is 59.4 Å². The van der Waals surface area contributed by atoms with E-state index < -0.39 is 30.5 Å². The summed E-state index contributed by atoms with van der Waals surface area (Å²) in [7, 11) is 5.05. The number of nitrogens with two attached hydrogens (primary N) is 1. The van der Waals surface area contributed by atoms with Crippen LogP contribution in [0, 0.1) is 17.8 Å². The molecule has 0 unspecified atom stereocenters. The Morgan fingerprint density at radius 1 is 1.18 bits per heavy atom. The normalized spacial score (nSPS) is 28.1. The number of anilines is 1. The lowest BCUT2D eigenvalue weighted by Gasteiger charge is -2.29. The SMILES string of the molecule is CNCCN(C)C(=O)Oc1cc2cc(c1)NC(=O)/C(C)=C/CC[C@H](C)[C@@H](OC(N)=O)/C(C)=C/[C@H](C)[C@@H](O)[C@@H](OC)C[C@H](C)C2. The first-order valence-electron chi connectivity index (χ1n) is 15.3. The van der Waals surface area contributed by atoms with Gasteiger partial charge in [-0.15, -0.1) is 0 Å². The molecule has 44 heavy (non-hydrogen) atoms. The summed E-state index contributed by atoms with van der Waals surface area (Å²) in [5.74, 6) is -0.282. The highest BCUT2D eigenvalue weighted by Crippen LogP contribution is 2.29. The summed E-state index contributed by atoms with van der Waals surface area (Å²) < 4.78 is 16.9. The molecule has 11 nitrogen and oxygen atoms in total. The van der Waals surface area contributed by atoms with E-state index in [0.29, 0.717) is 55.8 Å². The molecule has 5 N–H and O–H groups in total. The Bertz CT molecular complexity index is 1180. The van der Waals surface area contributed by atoms with Crippen LogP contribution < -0.4 is 21.1 Å². The first-order valence-corrected chi connectivity index (χ1v) is 15.3. The molecule has 2 bridgehead atoms. The van der Waals surface area contributed by atoms with Gasteiger partial charge in [0, 0.05) is 50.5 Å². The minimum Gasteiger partial charge on any atom is -0.442 e. The number of likely N-dealkylation sites (N-methyl/N-ethyl adjacent to an activating group) is 2. The number of hydrogen-bond donors (Lipinski definition) is 4. The third kappa shape index (κ3) is 11.6. The highest BCUT2D eigenvalue weighted by Gasteiger charge is 2.28. The van der Waals surface area contributed by atoms with Crippen LogP contribution in [-0.2, 0) is 20.7 Å². The largest absolute Gasteiger partial charge is 0.442 e. The Morgan fingerprint density at radius 3 is 2.52 bits per heavy atom. The fraction of sp³-hybridized carbons (Fsp3) is 0.606. The number of amides is 3. The average molecular weight is 617 g/mol. The topological polar surface area (TPSA) is 152 Å². The summed E-state index contributed by atoms with van der Waals surface area (Å²) in [5.41, 5.74) is 8.08. The molecule has 1 aliphatic heterocycles. The van der Waals surface area contributed by atoms with Crippen LogP contribution in [0.2, 0.25) is 0 Å². The van der Waals surface area contributed by atoms with Crippen LogP contribution in [0.15, 0.2) is 41.5 Å². The monoisotopic (exact) mass is 616 g/mol. The number of allylic oxidation sites excluding steroid dienone is 1. The van der Waals surface area contributed by atoms with Crippen molar-refractivity contribution in [1.82, 2.24) is 10.2 Å². The van der Waals surface area contributed by atoms with Crippen LogP contribution in [0.5, 0.6) is 5.75 Å². The second kappa shape index (κ2) is 17.8. The van der Waals surface area contributed by atoms with Gasteiger partial charge < -0.3 is 40.6 Å². The van der Waals surface area contributed by atoms with Crippen molar-refractivity contribution < 1.29 is 33.7 Å². The molecule has 11 heteroatoms. The number of carbonyl (C=O) groups excluding carboxylic acids is 3. The molecule has 0 aliphatic carbocycles. The lowest BCUT2D eigenvalue weighted by atomic mass is 9.87. The lowest BCUT2D eigenvalue weighted by molar-refractivity contribution is -0.112. The quantitative estimate of drug-likeness (QED) is 0.337. The van der Waals surface area contributed by atoms with Crippen molar-refractivity contribution in [1.29, 1.82) is 0 Å². The Morgan fingerprint density at radius 2 is 1.89 bits per heavy atom. The first kappa shape index (κ1) is 36.8. The number of nitrogens with one attached hydrogen (secondary N) is 2. The van der Waals surface area contributed by atoms with Gasteiger partial charge in [-0.05, 0) is 81.7 Å². The van der Waals surface area contributed by atoms with E-state index >= 15 is 0 Å². The van der Waals surface area contributed by atoms with Crippen LogP contribution >= 0.6 is 0 Å². The number of hydrogen-bond acceptors (Lipinski definition) is 8. The maximum Gasteiger partial charge on any atom is 0.415 e. The van der Waals surface area contributed by atoms with Gasteiger partial charge in [0.25, 0.3) is 5.91 Å². The first-order chi connectivity index (χ1) is 20.7. The third-order valence-corrected chi connectivity index (χ3v) is 8.04. The smallest absolute Gasteiger partial charge is 0.415 e. The van der Waals surface area contributed by atoms with Gasteiger partial charge in [0.05, 0.1) is 12.2 Å². The van der Waals surface area contributed by atoms with Crippen molar-refractivity contribution in [2.45, 2.75) is 78.6 Å². The van der Waals surface area contributed by atoms with Crippen LogP contribution in [0.4, 0.5) is 15.3 Å². The summed E-state index contributed by atoms with van der Waals surface area (Å²) in [4.78, 5) is 39.1. The van der Waals surface area contributed by atoms with Gasteiger partial charge in [-0.25, -0.2) is 9.59 Å². The molecular formula is C33H52N4O7. The summed E-state index contributed by atoms with van der Waals surface area (Å²) in [6, 6.07) is 5.31. The molecule has 0 saturated carbocycles. The summed E-state index contributed by atoms with van der Waals surface area (Å²) in [6.45, 7) is 10.6. The number of ether oxygens (including phenoxy) is 3. The van der Waals surface area contributed by atoms with Crippen molar-refractivity contribution in [3.05, 3.63) is 47.1 Å². The number of carbonyl (C=O) groups is 3. The molecule has 0 fully saturated rings. The number of rotatable bonds is 6. The van der Waals surface area contributed by atoms with E-state index in [1.54, 1.807) is 33.2 Å². The number of aliphatic hydroxyl groups excluding tert-OH is 1. The van der Waals surface area contributed by atoms with Crippen molar-refractivity contribution in [3.8, 4) is 5.75 Å². The summed E-state index contributed by atoms with van der Waals surface area (Å²) in [5, 5.41) is 17.2. The predicted octanol–water partition coefficient (Wildman–Crippen LogP) is 4.64.